The van der Waals surface area contributed by atoms with Gasteiger partial charge in [0.15, 0.2) is 0 Å². The number of aliphatic hydroxyl groups excluding tert-OH is 1. The lowest BCUT2D eigenvalue weighted by Crippen LogP contribution is -2.17. The van der Waals surface area contributed by atoms with Crippen LogP contribution in [0.5, 0.6) is 0 Å². The van der Waals surface area contributed by atoms with Crippen LogP contribution in [-0.2, 0) is 11.2 Å². The molecule has 0 fully saturated rings. The van der Waals surface area contributed by atoms with Gasteiger partial charge in [0.2, 0.25) is 0 Å². The second-order valence-electron chi connectivity index (χ2n) is 4.21. The molecule has 1 N–H and O–H groups in total. The second-order valence-corrected chi connectivity index (χ2v) is 4.21. The highest BCUT2D eigenvalue weighted by atomic mass is 16.6. The van der Waals surface area contributed by atoms with Gasteiger partial charge in [-0.1, -0.05) is 0 Å². The van der Waals surface area contributed by atoms with E-state index >= 15 is 0 Å². The fourth-order valence-electron chi connectivity index (χ4n) is 2.07. The van der Waals surface area contributed by atoms with E-state index in [1.165, 1.54) is 7.11 Å². The molecule has 0 bridgehead atoms. The Morgan fingerprint density at radius 2 is 2.26 bits per heavy atom. The molecule has 0 amide bonds. The quantitative estimate of drug-likeness (QED) is 0.654. The van der Waals surface area contributed by atoms with Crippen molar-refractivity contribution in [3.63, 3.8) is 0 Å². The van der Waals surface area contributed by atoms with Crippen LogP contribution in [0.15, 0.2) is 30.5 Å². The first kappa shape index (κ1) is 13.4. The average Bonchev–Trinajstić information content (AvgIpc) is 2.38. The fourth-order valence-corrected chi connectivity index (χ4v) is 2.07. The molecule has 19 heavy (non-hydrogen) atoms. The lowest BCUT2D eigenvalue weighted by Gasteiger charge is -2.10. The van der Waals surface area contributed by atoms with Gasteiger partial charge in [-0.2, -0.15) is 0 Å². The molecule has 0 aliphatic carbocycles. The number of aromatic nitrogens is 1. The summed E-state index contributed by atoms with van der Waals surface area (Å²) < 4.78 is 4.83. The summed E-state index contributed by atoms with van der Waals surface area (Å²) in [5, 5.41) is 21.4. The topological polar surface area (TPSA) is 85.5 Å². The number of benzene rings is 1. The predicted octanol–water partition coefficient (Wildman–Crippen LogP) is 1.69. The maximum absolute atomic E-state index is 11.2. The molecule has 0 saturated heterocycles. The Kier molecular flexibility index (Phi) is 4.03. The summed E-state index contributed by atoms with van der Waals surface area (Å²) >= 11 is 0. The monoisotopic (exact) mass is 262 g/mol. The van der Waals surface area contributed by atoms with Gasteiger partial charge in [-0.05, 0) is 24.3 Å². The minimum atomic E-state index is -0.766. The van der Waals surface area contributed by atoms with Crippen molar-refractivity contribution in [2.24, 2.45) is 0 Å². The van der Waals surface area contributed by atoms with Crippen LogP contribution in [0.1, 0.15) is 5.56 Å². The highest BCUT2D eigenvalue weighted by Gasteiger charge is 2.20. The summed E-state index contributed by atoms with van der Waals surface area (Å²) in [4.78, 5) is 14.9. The molecular formula is C13H14N2O4. The number of ether oxygens (including phenoxy) is 1. The number of methoxy groups -OCH3 is 1. The summed E-state index contributed by atoms with van der Waals surface area (Å²) in [5.74, 6) is 0. The standard InChI is InChI=1S/C13H14N2O4/c1-19-8-10(16)7-9-4-5-12-11(3-2-6-14-12)13(9)15(17)18/h2-6,10,16H,7-8H2,1H3. The molecule has 100 valence electrons. The number of hydrogen-bond acceptors (Lipinski definition) is 5. The maximum Gasteiger partial charge on any atom is 0.282 e. The van der Waals surface area contributed by atoms with Gasteiger partial charge in [-0.25, -0.2) is 0 Å². The van der Waals surface area contributed by atoms with Gasteiger partial charge < -0.3 is 9.84 Å². The molecule has 1 atom stereocenters. The van der Waals surface area contributed by atoms with Crippen molar-refractivity contribution in [1.82, 2.24) is 4.98 Å². The summed E-state index contributed by atoms with van der Waals surface area (Å²) in [7, 11) is 1.47. The molecule has 6 nitrogen and oxygen atoms in total. The Labute approximate surface area is 109 Å². The van der Waals surface area contributed by atoms with E-state index in [2.05, 4.69) is 4.98 Å². The predicted molar refractivity (Wildman–Crippen MR) is 70.0 cm³/mol. The van der Waals surface area contributed by atoms with Crippen molar-refractivity contribution in [2.45, 2.75) is 12.5 Å². The van der Waals surface area contributed by atoms with Gasteiger partial charge >= 0.3 is 0 Å². The number of aliphatic hydroxyl groups is 1. The van der Waals surface area contributed by atoms with Crippen LogP contribution >= 0.6 is 0 Å². The second kappa shape index (κ2) is 5.73. The van der Waals surface area contributed by atoms with Crippen molar-refractivity contribution in [3.05, 3.63) is 46.1 Å². The van der Waals surface area contributed by atoms with E-state index in [0.717, 1.165) is 0 Å². The van der Waals surface area contributed by atoms with Gasteiger partial charge in [-0.15, -0.1) is 0 Å². The third kappa shape index (κ3) is 2.86. The summed E-state index contributed by atoms with van der Waals surface area (Å²) in [6.07, 6.45) is 0.998. The minimum Gasteiger partial charge on any atom is -0.390 e. The van der Waals surface area contributed by atoms with Gasteiger partial charge in [0, 0.05) is 25.3 Å². The number of rotatable bonds is 5. The molecule has 1 heterocycles. The molecule has 1 aromatic heterocycles. The van der Waals surface area contributed by atoms with Crippen LogP contribution in [0.25, 0.3) is 10.9 Å². The van der Waals surface area contributed by atoms with Gasteiger partial charge in [-0.3, -0.25) is 15.1 Å². The van der Waals surface area contributed by atoms with E-state index in [9.17, 15) is 15.2 Å². The number of nitrogens with zero attached hydrogens (tertiary/aromatic N) is 2. The molecule has 0 saturated carbocycles. The minimum absolute atomic E-state index is 0.000697. The van der Waals surface area contributed by atoms with Crippen molar-refractivity contribution < 1.29 is 14.8 Å². The Hall–Kier alpha value is -2.05. The van der Waals surface area contributed by atoms with Gasteiger partial charge in [0.25, 0.3) is 5.69 Å². The molecule has 0 aliphatic rings. The molecule has 2 rings (SSSR count). The van der Waals surface area contributed by atoms with E-state index < -0.39 is 11.0 Å². The Bertz CT molecular complexity index is 600. The Morgan fingerprint density at radius 3 is 2.95 bits per heavy atom. The summed E-state index contributed by atoms with van der Waals surface area (Å²) in [5.41, 5.74) is 1.05. The lowest BCUT2D eigenvalue weighted by atomic mass is 10.0. The largest absolute Gasteiger partial charge is 0.390 e. The number of pyridine rings is 1. The van der Waals surface area contributed by atoms with Crippen molar-refractivity contribution in [3.8, 4) is 0 Å². The summed E-state index contributed by atoms with van der Waals surface area (Å²) in [6.45, 7) is 0.141. The molecule has 6 heteroatoms. The number of nitro groups is 1. The van der Waals surface area contributed by atoms with Crippen LogP contribution in [-0.4, -0.2) is 34.8 Å². The third-order valence-corrected chi connectivity index (χ3v) is 2.84. The average molecular weight is 262 g/mol. The first-order valence-corrected chi connectivity index (χ1v) is 5.81. The smallest absolute Gasteiger partial charge is 0.282 e. The van der Waals surface area contributed by atoms with E-state index in [0.29, 0.717) is 16.5 Å². The molecule has 1 aromatic carbocycles. The summed E-state index contributed by atoms with van der Waals surface area (Å²) in [6, 6.07) is 6.67. The van der Waals surface area contributed by atoms with Crippen molar-refractivity contribution in [2.75, 3.05) is 13.7 Å². The van der Waals surface area contributed by atoms with Gasteiger partial charge in [0.1, 0.15) is 0 Å². The highest BCUT2D eigenvalue weighted by molar-refractivity contribution is 5.89. The van der Waals surface area contributed by atoms with Crippen molar-refractivity contribution >= 4 is 16.6 Å². The van der Waals surface area contributed by atoms with E-state index in [1.54, 1.807) is 30.5 Å². The molecule has 1 unspecified atom stereocenters. The van der Waals surface area contributed by atoms with Crippen LogP contribution in [0, 0.1) is 10.1 Å². The van der Waals surface area contributed by atoms with E-state index in [4.69, 9.17) is 4.74 Å². The van der Waals surface area contributed by atoms with E-state index in [-0.39, 0.29) is 18.7 Å². The third-order valence-electron chi connectivity index (χ3n) is 2.84. The first-order chi connectivity index (χ1) is 9.13. The zero-order valence-corrected chi connectivity index (χ0v) is 10.4. The SMILES string of the molecule is COCC(O)Cc1ccc2ncccc2c1[N+](=O)[O-]. The normalized spacial score (nSPS) is 12.5. The number of fused-ring (bicyclic) bond motifs is 1. The fraction of sp³-hybridized carbons (Fsp3) is 0.308. The molecule has 0 radical (unpaired) electrons. The Balaban J connectivity index is 2.49. The molecule has 0 aliphatic heterocycles. The Morgan fingerprint density at radius 1 is 1.47 bits per heavy atom. The van der Waals surface area contributed by atoms with E-state index in [1.807, 2.05) is 0 Å². The molecule has 2 aromatic rings. The molecular weight excluding hydrogens is 248 g/mol. The van der Waals surface area contributed by atoms with Crippen LogP contribution < -0.4 is 0 Å². The lowest BCUT2D eigenvalue weighted by molar-refractivity contribution is -0.383. The van der Waals surface area contributed by atoms with Crippen LogP contribution in [0.2, 0.25) is 0 Å². The van der Waals surface area contributed by atoms with Crippen molar-refractivity contribution in [1.29, 1.82) is 0 Å². The first-order valence-electron chi connectivity index (χ1n) is 5.81. The van der Waals surface area contributed by atoms with Gasteiger partial charge in [0.05, 0.1) is 28.5 Å². The highest BCUT2D eigenvalue weighted by Crippen LogP contribution is 2.29. The number of nitro benzene ring substituents is 1. The van der Waals surface area contributed by atoms with Crippen LogP contribution in [0.4, 0.5) is 5.69 Å². The van der Waals surface area contributed by atoms with Crippen LogP contribution in [0.3, 0.4) is 0 Å². The zero-order valence-electron chi connectivity index (χ0n) is 10.4. The zero-order chi connectivity index (χ0) is 13.8. The molecule has 0 spiro atoms. The number of hydrogen-bond donors (Lipinski definition) is 1. The maximum atomic E-state index is 11.2.